The summed E-state index contributed by atoms with van der Waals surface area (Å²) in [4.78, 5) is 23.6. The van der Waals surface area contributed by atoms with E-state index in [-0.39, 0.29) is 0 Å². The average molecular weight is 351 g/mol. The highest BCUT2D eigenvalue weighted by atomic mass is 16.5. The minimum absolute atomic E-state index is 0.368. The van der Waals surface area contributed by atoms with Gasteiger partial charge in [0.25, 0.3) is 0 Å². The molecule has 0 N–H and O–H groups in total. The summed E-state index contributed by atoms with van der Waals surface area (Å²) in [7, 11) is 0. The number of fused-ring (bicyclic) bond motifs is 1. The zero-order chi connectivity index (χ0) is 18.8. The summed E-state index contributed by atoms with van der Waals surface area (Å²) >= 11 is 0. The maximum absolute atomic E-state index is 12.5. The van der Waals surface area contributed by atoms with Crippen molar-refractivity contribution in [3.63, 3.8) is 0 Å². The molecule has 2 aromatic carbocycles. The molecule has 134 valence electrons. The van der Waals surface area contributed by atoms with Crippen molar-refractivity contribution in [3.8, 4) is 5.75 Å². The molecule has 0 saturated heterocycles. The van der Waals surface area contributed by atoms with Gasteiger partial charge in [0.05, 0.1) is 11.4 Å². The second kappa shape index (κ2) is 7.04. The van der Waals surface area contributed by atoms with Gasteiger partial charge in [-0.2, -0.15) is 0 Å². The number of aliphatic carboxylic acids is 1. The molecule has 5 heteroatoms. The Morgan fingerprint density at radius 2 is 1.88 bits per heavy atom. The molecule has 1 atom stereocenters. The zero-order valence-corrected chi connectivity index (χ0v) is 14.9. The fraction of sp³-hybridized carbons (Fsp3) is 0.238. The Hall–Kier alpha value is -3.08. The average Bonchev–Trinajstić information content (AvgIpc) is 2.58. The van der Waals surface area contributed by atoms with Gasteiger partial charge in [0.1, 0.15) is 17.4 Å². The molecule has 0 amide bonds. The lowest BCUT2D eigenvalue weighted by molar-refractivity contribution is -0.312. The topological polar surface area (TPSA) is 79.6 Å². The van der Waals surface area contributed by atoms with Crippen molar-refractivity contribution < 1.29 is 19.1 Å². The predicted molar refractivity (Wildman–Crippen MR) is 96.3 cm³/mol. The minimum Gasteiger partial charge on any atom is -0.546 e. The molecule has 0 saturated carbocycles. The number of carbonyl (C=O) groups is 1. The number of hydrogen-bond acceptors (Lipinski definition) is 5. The highest BCUT2D eigenvalue weighted by molar-refractivity contribution is 5.88. The van der Waals surface area contributed by atoms with Crippen LogP contribution in [-0.2, 0) is 11.2 Å². The number of aryl methyl sites for hydroxylation is 2. The molecule has 26 heavy (non-hydrogen) atoms. The first kappa shape index (κ1) is 17.7. The van der Waals surface area contributed by atoms with E-state index in [1.165, 1.54) is 6.92 Å². The summed E-state index contributed by atoms with van der Waals surface area (Å²) in [6.45, 7) is 5.05. The van der Waals surface area contributed by atoms with E-state index in [9.17, 15) is 14.7 Å². The summed E-state index contributed by atoms with van der Waals surface area (Å²) in [5, 5.41) is 11.7. The Bertz CT molecular complexity index is 1020. The van der Waals surface area contributed by atoms with E-state index < -0.39 is 17.7 Å². The number of hydrogen-bond donors (Lipinski definition) is 0. The second-order valence-corrected chi connectivity index (χ2v) is 6.37. The van der Waals surface area contributed by atoms with E-state index in [4.69, 9.17) is 9.15 Å². The number of benzene rings is 2. The van der Waals surface area contributed by atoms with Gasteiger partial charge in [-0.3, -0.25) is 0 Å². The summed E-state index contributed by atoms with van der Waals surface area (Å²) in [6, 6.07) is 13.1. The lowest BCUT2D eigenvalue weighted by Gasteiger charge is -2.19. The summed E-state index contributed by atoms with van der Waals surface area (Å²) in [5.41, 5.74) is 3.02. The number of rotatable bonds is 5. The van der Waals surface area contributed by atoms with Crippen LogP contribution in [0.5, 0.6) is 5.75 Å². The van der Waals surface area contributed by atoms with E-state index in [1.54, 1.807) is 12.1 Å². The molecule has 0 aliphatic rings. The first-order valence-electron chi connectivity index (χ1n) is 8.35. The minimum atomic E-state index is -1.31. The Morgan fingerprint density at radius 3 is 2.54 bits per heavy atom. The second-order valence-electron chi connectivity index (χ2n) is 6.37. The van der Waals surface area contributed by atoms with Gasteiger partial charge in [-0.05, 0) is 49.6 Å². The van der Waals surface area contributed by atoms with E-state index in [2.05, 4.69) is 0 Å². The van der Waals surface area contributed by atoms with Crippen molar-refractivity contribution in [2.45, 2.75) is 33.3 Å². The molecule has 0 fully saturated rings. The molecule has 0 radical (unpaired) electrons. The smallest absolute Gasteiger partial charge is 0.340 e. The molecule has 0 bridgehead atoms. The van der Waals surface area contributed by atoms with Crippen molar-refractivity contribution >= 4 is 16.9 Å². The van der Waals surface area contributed by atoms with Crippen LogP contribution in [0.15, 0.2) is 51.7 Å². The van der Waals surface area contributed by atoms with Crippen LogP contribution < -0.4 is 15.5 Å². The molecule has 0 aliphatic heterocycles. The molecule has 1 heterocycles. The molecule has 0 unspecified atom stereocenters. The maximum Gasteiger partial charge on any atom is 0.340 e. The Morgan fingerprint density at radius 1 is 1.19 bits per heavy atom. The molecule has 3 aromatic rings. The molecule has 5 nitrogen and oxygen atoms in total. The van der Waals surface area contributed by atoms with E-state index in [0.29, 0.717) is 28.7 Å². The van der Waals surface area contributed by atoms with Gasteiger partial charge in [-0.15, -0.1) is 0 Å². The van der Waals surface area contributed by atoms with Crippen molar-refractivity contribution in [2.75, 3.05) is 0 Å². The highest BCUT2D eigenvalue weighted by Crippen LogP contribution is 2.32. The van der Waals surface area contributed by atoms with E-state index in [1.807, 2.05) is 44.2 Å². The van der Waals surface area contributed by atoms with Gasteiger partial charge in [0.15, 0.2) is 0 Å². The first-order valence-corrected chi connectivity index (χ1v) is 8.35. The number of carbonyl (C=O) groups excluding carboxylic acids is 1. The third-order valence-corrected chi connectivity index (χ3v) is 4.35. The van der Waals surface area contributed by atoms with Crippen molar-refractivity contribution in [3.05, 3.63) is 75.1 Å². The standard InChI is InChI=1S/C21H20O5/c1-12-9-17(25-14(3)20(22)23)19-13(2)16(21(24)26-18(19)10-12)11-15-7-5-4-6-8-15/h4-10,14H,11H2,1-3H3,(H,22,23)/p-1/t14-/m0/s1. The van der Waals surface area contributed by atoms with Gasteiger partial charge in [0, 0.05) is 12.0 Å². The molecule has 3 rings (SSSR count). The molecule has 0 aliphatic carbocycles. The predicted octanol–water partition coefficient (Wildman–Crippen LogP) is 2.52. The van der Waals surface area contributed by atoms with E-state index >= 15 is 0 Å². The number of carboxylic acid groups (broad SMARTS) is 1. The van der Waals surface area contributed by atoms with Crippen molar-refractivity contribution in [1.29, 1.82) is 0 Å². The Kier molecular flexibility index (Phi) is 4.80. The molecular weight excluding hydrogens is 332 g/mol. The fourth-order valence-electron chi connectivity index (χ4n) is 2.97. The lowest BCUT2D eigenvalue weighted by atomic mass is 9.98. The summed E-state index contributed by atoms with van der Waals surface area (Å²) < 4.78 is 11.1. The van der Waals surface area contributed by atoms with Gasteiger partial charge in [-0.25, -0.2) is 4.79 Å². The van der Waals surface area contributed by atoms with Crippen LogP contribution in [0, 0.1) is 13.8 Å². The van der Waals surface area contributed by atoms with Crippen LogP contribution in [-0.4, -0.2) is 12.1 Å². The number of carboxylic acids is 1. The quantitative estimate of drug-likeness (QED) is 0.660. The van der Waals surface area contributed by atoms with Crippen molar-refractivity contribution in [2.24, 2.45) is 0 Å². The third kappa shape index (κ3) is 3.47. The highest BCUT2D eigenvalue weighted by Gasteiger charge is 2.18. The summed E-state index contributed by atoms with van der Waals surface area (Å²) in [5.74, 6) is -0.938. The first-order chi connectivity index (χ1) is 12.4. The number of ether oxygens (including phenoxy) is 1. The summed E-state index contributed by atoms with van der Waals surface area (Å²) in [6.07, 6.45) is -0.696. The maximum atomic E-state index is 12.5. The van der Waals surface area contributed by atoms with Crippen LogP contribution in [0.3, 0.4) is 0 Å². The largest absolute Gasteiger partial charge is 0.546 e. The van der Waals surface area contributed by atoms with Gasteiger partial charge in [-0.1, -0.05) is 30.3 Å². The molecule has 1 aromatic heterocycles. The lowest BCUT2D eigenvalue weighted by Crippen LogP contribution is -2.37. The monoisotopic (exact) mass is 351 g/mol. The zero-order valence-electron chi connectivity index (χ0n) is 14.9. The van der Waals surface area contributed by atoms with Gasteiger partial charge < -0.3 is 19.1 Å². The van der Waals surface area contributed by atoms with Crippen LogP contribution in [0.4, 0.5) is 0 Å². The fourth-order valence-corrected chi connectivity index (χ4v) is 2.97. The normalized spacial score (nSPS) is 12.1. The Labute approximate surface area is 150 Å². The van der Waals surface area contributed by atoms with Crippen LogP contribution in [0.25, 0.3) is 11.0 Å². The Balaban J connectivity index is 2.18. The van der Waals surface area contributed by atoms with Gasteiger partial charge in [0.2, 0.25) is 0 Å². The molecule has 0 spiro atoms. The van der Waals surface area contributed by atoms with Crippen LogP contribution in [0.1, 0.15) is 29.2 Å². The van der Waals surface area contributed by atoms with E-state index in [0.717, 1.165) is 16.7 Å². The third-order valence-electron chi connectivity index (χ3n) is 4.35. The van der Waals surface area contributed by atoms with Crippen LogP contribution >= 0.6 is 0 Å². The van der Waals surface area contributed by atoms with Gasteiger partial charge >= 0.3 is 5.63 Å². The van der Waals surface area contributed by atoms with Crippen molar-refractivity contribution in [1.82, 2.24) is 0 Å². The SMILES string of the molecule is Cc1cc(O[C@@H](C)C(=O)[O-])c2c(C)c(Cc3ccccc3)c(=O)oc2c1. The molecular formula is C21H19O5-. The van der Waals surface area contributed by atoms with Crippen LogP contribution in [0.2, 0.25) is 0 Å².